The lowest BCUT2D eigenvalue weighted by Gasteiger charge is -2.10. The van der Waals surface area contributed by atoms with Crippen molar-refractivity contribution >= 4 is 15.9 Å². The van der Waals surface area contributed by atoms with Gasteiger partial charge in [-0.15, -0.1) is 0 Å². The molecule has 1 aromatic heterocycles. The van der Waals surface area contributed by atoms with Crippen molar-refractivity contribution in [3.05, 3.63) is 77.4 Å². The fraction of sp³-hybridized carbons (Fsp3) is 0.158. The SMILES string of the molecule is CCc1c(C(=O)NS(=O)(=O)c2ccc(C)cc2F)cnn1-c1ccccc1. The quantitative estimate of drug-likeness (QED) is 0.730. The molecule has 0 aliphatic heterocycles. The molecule has 3 aromatic rings. The number of carbonyl (C=O) groups is 1. The predicted molar refractivity (Wildman–Crippen MR) is 98.7 cm³/mol. The Morgan fingerprint density at radius 2 is 1.89 bits per heavy atom. The Hall–Kier alpha value is -3.00. The highest BCUT2D eigenvalue weighted by Gasteiger charge is 2.25. The lowest BCUT2D eigenvalue weighted by atomic mass is 10.2. The topological polar surface area (TPSA) is 81.1 Å². The molecular weight excluding hydrogens is 369 g/mol. The maximum absolute atomic E-state index is 14.0. The summed E-state index contributed by atoms with van der Waals surface area (Å²) in [6.07, 6.45) is 1.76. The fourth-order valence-electron chi connectivity index (χ4n) is 2.75. The first-order valence-electron chi connectivity index (χ1n) is 8.29. The smallest absolute Gasteiger partial charge is 0.268 e. The van der Waals surface area contributed by atoms with Gasteiger partial charge in [0.05, 0.1) is 23.1 Å². The standard InChI is InChI=1S/C19H18FN3O3S/c1-3-17-15(12-21-23(17)14-7-5-4-6-8-14)19(24)22-27(25,26)18-10-9-13(2)11-16(18)20/h4-12H,3H2,1-2H3,(H,22,24). The third-order valence-electron chi connectivity index (χ3n) is 4.05. The van der Waals surface area contributed by atoms with Crippen molar-refractivity contribution in [1.29, 1.82) is 0 Å². The van der Waals surface area contributed by atoms with Gasteiger partial charge in [-0.25, -0.2) is 22.2 Å². The summed E-state index contributed by atoms with van der Waals surface area (Å²) in [5, 5.41) is 4.20. The van der Waals surface area contributed by atoms with E-state index >= 15 is 0 Å². The summed E-state index contributed by atoms with van der Waals surface area (Å²) in [5.41, 5.74) is 2.01. The van der Waals surface area contributed by atoms with Gasteiger partial charge in [0.15, 0.2) is 0 Å². The minimum absolute atomic E-state index is 0.123. The molecule has 0 radical (unpaired) electrons. The number of hydrogen-bond donors (Lipinski definition) is 1. The van der Waals surface area contributed by atoms with E-state index in [9.17, 15) is 17.6 Å². The summed E-state index contributed by atoms with van der Waals surface area (Å²) in [5.74, 6) is -1.76. The van der Waals surface area contributed by atoms with E-state index in [1.807, 2.05) is 42.0 Å². The first-order valence-corrected chi connectivity index (χ1v) is 9.77. The molecule has 0 aliphatic rings. The summed E-state index contributed by atoms with van der Waals surface area (Å²) >= 11 is 0. The number of benzene rings is 2. The summed E-state index contributed by atoms with van der Waals surface area (Å²) in [6.45, 7) is 3.48. The third kappa shape index (κ3) is 3.75. The van der Waals surface area contributed by atoms with Crippen molar-refractivity contribution in [1.82, 2.24) is 14.5 Å². The van der Waals surface area contributed by atoms with Gasteiger partial charge in [-0.05, 0) is 43.2 Å². The van der Waals surface area contributed by atoms with Gasteiger partial charge >= 0.3 is 0 Å². The monoisotopic (exact) mass is 387 g/mol. The molecule has 1 N–H and O–H groups in total. The van der Waals surface area contributed by atoms with Crippen LogP contribution in [-0.4, -0.2) is 24.1 Å². The van der Waals surface area contributed by atoms with Crippen molar-refractivity contribution in [2.45, 2.75) is 25.2 Å². The van der Waals surface area contributed by atoms with Crippen LogP contribution in [0.25, 0.3) is 5.69 Å². The van der Waals surface area contributed by atoms with Gasteiger partial charge in [-0.2, -0.15) is 5.10 Å². The molecule has 6 nitrogen and oxygen atoms in total. The summed E-state index contributed by atoms with van der Waals surface area (Å²) in [7, 11) is -4.35. The van der Waals surface area contributed by atoms with Crippen LogP contribution in [0, 0.1) is 12.7 Å². The van der Waals surface area contributed by atoms with E-state index in [1.54, 1.807) is 11.6 Å². The van der Waals surface area contributed by atoms with E-state index in [4.69, 9.17) is 0 Å². The number of aryl methyl sites for hydroxylation is 1. The number of amides is 1. The number of hydrogen-bond acceptors (Lipinski definition) is 4. The van der Waals surface area contributed by atoms with Crippen LogP contribution in [0.1, 0.15) is 28.5 Å². The van der Waals surface area contributed by atoms with E-state index in [0.29, 0.717) is 17.7 Å². The normalized spacial score (nSPS) is 11.4. The van der Waals surface area contributed by atoms with Crippen LogP contribution < -0.4 is 4.72 Å². The van der Waals surface area contributed by atoms with Crippen LogP contribution in [-0.2, 0) is 16.4 Å². The van der Waals surface area contributed by atoms with Crippen LogP contribution in [0.15, 0.2) is 59.6 Å². The number of rotatable bonds is 5. The molecule has 0 saturated heterocycles. The lowest BCUT2D eigenvalue weighted by molar-refractivity contribution is 0.0980. The van der Waals surface area contributed by atoms with E-state index in [-0.39, 0.29) is 5.56 Å². The molecule has 0 unspecified atom stereocenters. The molecule has 27 heavy (non-hydrogen) atoms. The number of nitrogens with one attached hydrogen (secondary N) is 1. The van der Waals surface area contributed by atoms with Gasteiger partial charge in [0.1, 0.15) is 10.7 Å². The first-order chi connectivity index (χ1) is 12.8. The van der Waals surface area contributed by atoms with E-state index < -0.39 is 26.6 Å². The van der Waals surface area contributed by atoms with Crippen LogP contribution in [0.2, 0.25) is 0 Å². The van der Waals surface area contributed by atoms with Crippen LogP contribution in [0.4, 0.5) is 4.39 Å². The van der Waals surface area contributed by atoms with Gasteiger partial charge in [0.25, 0.3) is 15.9 Å². The van der Waals surface area contributed by atoms with E-state index in [2.05, 4.69) is 5.10 Å². The molecule has 1 amide bonds. The predicted octanol–water partition coefficient (Wildman–Crippen LogP) is 3.00. The zero-order chi connectivity index (χ0) is 19.6. The van der Waals surface area contributed by atoms with Crippen LogP contribution in [0.3, 0.4) is 0 Å². The zero-order valence-corrected chi connectivity index (χ0v) is 15.6. The fourth-order valence-corrected chi connectivity index (χ4v) is 3.78. The Kier molecular flexibility index (Phi) is 5.09. The van der Waals surface area contributed by atoms with Gasteiger partial charge in [-0.3, -0.25) is 4.79 Å². The Morgan fingerprint density at radius 3 is 2.52 bits per heavy atom. The molecule has 0 atom stereocenters. The molecular formula is C19H18FN3O3S. The average molecular weight is 387 g/mol. The Morgan fingerprint density at radius 1 is 1.19 bits per heavy atom. The second-order valence-electron chi connectivity index (χ2n) is 5.97. The Balaban J connectivity index is 1.94. The molecule has 3 rings (SSSR count). The van der Waals surface area contributed by atoms with Crippen LogP contribution >= 0.6 is 0 Å². The molecule has 0 aliphatic carbocycles. The molecule has 140 valence electrons. The van der Waals surface area contributed by atoms with Crippen LogP contribution in [0.5, 0.6) is 0 Å². The molecule has 0 fully saturated rings. The highest BCUT2D eigenvalue weighted by Crippen LogP contribution is 2.19. The van der Waals surface area contributed by atoms with Gasteiger partial charge in [0, 0.05) is 0 Å². The molecule has 8 heteroatoms. The Labute approximate surface area is 156 Å². The van der Waals surface area contributed by atoms with E-state index in [1.165, 1.54) is 12.3 Å². The van der Waals surface area contributed by atoms with E-state index in [0.717, 1.165) is 17.8 Å². The highest BCUT2D eigenvalue weighted by atomic mass is 32.2. The summed E-state index contributed by atoms with van der Waals surface area (Å²) in [6, 6.07) is 12.9. The lowest BCUT2D eigenvalue weighted by Crippen LogP contribution is -2.31. The maximum atomic E-state index is 14.0. The number of aromatic nitrogens is 2. The van der Waals surface area contributed by atoms with Crippen molar-refractivity contribution < 1.29 is 17.6 Å². The summed E-state index contributed by atoms with van der Waals surface area (Å²) in [4.78, 5) is 12.0. The van der Waals surface area contributed by atoms with Crippen molar-refractivity contribution in [3.63, 3.8) is 0 Å². The second-order valence-corrected chi connectivity index (χ2v) is 7.63. The minimum atomic E-state index is -4.35. The second kappa shape index (κ2) is 7.32. The number of nitrogens with zero attached hydrogens (tertiary/aromatic N) is 2. The largest absolute Gasteiger partial charge is 0.268 e. The molecule has 0 spiro atoms. The number of para-hydroxylation sites is 1. The molecule has 2 aromatic carbocycles. The average Bonchev–Trinajstić information content (AvgIpc) is 3.06. The van der Waals surface area contributed by atoms with Crippen molar-refractivity contribution in [3.8, 4) is 5.69 Å². The van der Waals surface area contributed by atoms with Crippen molar-refractivity contribution in [2.24, 2.45) is 0 Å². The highest BCUT2D eigenvalue weighted by molar-refractivity contribution is 7.90. The molecule has 0 bridgehead atoms. The number of sulfonamides is 1. The van der Waals surface area contributed by atoms with Gasteiger partial charge in [-0.1, -0.05) is 31.2 Å². The number of carbonyl (C=O) groups excluding carboxylic acids is 1. The maximum Gasteiger partial charge on any atom is 0.268 e. The minimum Gasteiger partial charge on any atom is -0.268 e. The molecule has 0 saturated carbocycles. The van der Waals surface area contributed by atoms with Gasteiger partial charge < -0.3 is 0 Å². The van der Waals surface area contributed by atoms with Crippen molar-refractivity contribution in [2.75, 3.05) is 0 Å². The third-order valence-corrected chi connectivity index (χ3v) is 5.42. The first kappa shape index (κ1) is 18.8. The number of halogens is 1. The molecule has 1 heterocycles. The van der Waals surface area contributed by atoms with Gasteiger partial charge in [0.2, 0.25) is 0 Å². The summed E-state index contributed by atoms with van der Waals surface area (Å²) < 4.78 is 42.4. The Bertz CT molecular complexity index is 1090. The zero-order valence-electron chi connectivity index (χ0n) is 14.8.